The van der Waals surface area contributed by atoms with Crippen LogP contribution in [0.25, 0.3) is 0 Å². The standard InChI is InChI=1S/C8H7Cl2/c1-2-6-4-3-5-7(9)8(6)10/h3-5H,1-2H2. The Bertz CT molecular complexity index is 231. The van der Waals surface area contributed by atoms with Gasteiger partial charge in [0.15, 0.2) is 0 Å². The third-order valence-electron chi connectivity index (χ3n) is 1.30. The van der Waals surface area contributed by atoms with Gasteiger partial charge < -0.3 is 0 Å². The molecular formula is C8H7Cl2. The molecule has 0 nitrogen and oxygen atoms in total. The van der Waals surface area contributed by atoms with Crippen LogP contribution >= 0.6 is 23.2 Å². The van der Waals surface area contributed by atoms with E-state index in [-0.39, 0.29) is 0 Å². The summed E-state index contributed by atoms with van der Waals surface area (Å²) in [5.74, 6) is 0. The molecule has 10 heavy (non-hydrogen) atoms. The van der Waals surface area contributed by atoms with Crippen LogP contribution in [0.15, 0.2) is 18.2 Å². The van der Waals surface area contributed by atoms with Crippen molar-refractivity contribution in [3.63, 3.8) is 0 Å². The molecule has 1 aromatic rings. The largest absolute Gasteiger partial charge is 0.0827 e. The lowest BCUT2D eigenvalue weighted by molar-refractivity contribution is 1.27. The van der Waals surface area contributed by atoms with Gasteiger partial charge in [-0.25, -0.2) is 0 Å². The van der Waals surface area contributed by atoms with Gasteiger partial charge in [0, 0.05) is 0 Å². The molecule has 0 amide bonds. The molecule has 0 aliphatic rings. The predicted octanol–water partition coefficient (Wildman–Crippen LogP) is 3.37. The maximum Gasteiger partial charge on any atom is 0.0624 e. The topological polar surface area (TPSA) is 0 Å². The third kappa shape index (κ3) is 1.44. The Morgan fingerprint density at radius 3 is 2.50 bits per heavy atom. The van der Waals surface area contributed by atoms with E-state index < -0.39 is 0 Å². The van der Waals surface area contributed by atoms with E-state index in [2.05, 4.69) is 6.92 Å². The zero-order valence-electron chi connectivity index (χ0n) is 5.40. The molecule has 0 aliphatic heterocycles. The Labute approximate surface area is 70.8 Å². The van der Waals surface area contributed by atoms with Crippen LogP contribution in [0.4, 0.5) is 0 Å². The summed E-state index contributed by atoms with van der Waals surface area (Å²) >= 11 is 11.6. The van der Waals surface area contributed by atoms with E-state index in [4.69, 9.17) is 23.2 Å². The lowest BCUT2D eigenvalue weighted by Gasteiger charge is -2.00. The molecule has 1 aromatic carbocycles. The highest BCUT2D eigenvalue weighted by molar-refractivity contribution is 6.42. The molecule has 0 unspecified atom stereocenters. The second kappa shape index (κ2) is 3.27. The lowest BCUT2D eigenvalue weighted by atomic mass is 10.2. The first-order valence-corrected chi connectivity index (χ1v) is 3.73. The molecule has 0 atom stereocenters. The minimum absolute atomic E-state index is 0.600. The first kappa shape index (κ1) is 7.90. The van der Waals surface area contributed by atoms with Crippen LogP contribution in [-0.4, -0.2) is 0 Å². The molecule has 0 aliphatic carbocycles. The highest BCUT2D eigenvalue weighted by Gasteiger charge is 2.00. The summed E-state index contributed by atoms with van der Waals surface area (Å²) < 4.78 is 0. The van der Waals surface area contributed by atoms with Crippen molar-refractivity contribution in [1.82, 2.24) is 0 Å². The van der Waals surface area contributed by atoms with Gasteiger partial charge in [0.2, 0.25) is 0 Å². The minimum atomic E-state index is 0.600. The van der Waals surface area contributed by atoms with E-state index in [1.165, 1.54) is 0 Å². The Kier molecular flexibility index (Phi) is 2.58. The summed E-state index contributed by atoms with van der Waals surface area (Å²) in [7, 11) is 0. The van der Waals surface area contributed by atoms with E-state index >= 15 is 0 Å². The van der Waals surface area contributed by atoms with Gasteiger partial charge in [-0.3, -0.25) is 0 Å². The molecule has 0 spiro atoms. The fraction of sp³-hybridized carbons (Fsp3) is 0.125. The summed E-state index contributed by atoms with van der Waals surface area (Å²) in [6.45, 7) is 3.71. The smallest absolute Gasteiger partial charge is 0.0624 e. The predicted molar refractivity (Wildman–Crippen MR) is 45.5 cm³/mol. The maximum atomic E-state index is 5.82. The molecule has 53 valence electrons. The van der Waals surface area contributed by atoms with Crippen molar-refractivity contribution in [2.75, 3.05) is 0 Å². The molecule has 0 fully saturated rings. The normalized spacial score (nSPS) is 9.90. The van der Waals surface area contributed by atoms with E-state index in [1.807, 2.05) is 12.1 Å². The molecule has 0 aromatic heterocycles. The van der Waals surface area contributed by atoms with Crippen LogP contribution in [-0.2, 0) is 6.42 Å². The monoisotopic (exact) mass is 173 g/mol. The fourth-order valence-electron chi connectivity index (χ4n) is 0.742. The SMILES string of the molecule is [CH2]Cc1cccc(Cl)c1Cl. The van der Waals surface area contributed by atoms with Crippen molar-refractivity contribution in [2.24, 2.45) is 0 Å². The van der Waals surface area contributed by atoms with Crippen LogP contribution in [0.2, 0.25) is 10.0 Å². The molecular weight excluding hydrogens is 167 g/mol. The van der Waals surface area contributed by atoms with Crippen LogP contribution < -0.4 is 0 Å². The lowest BCUT2D eigenvalue weighted by Crippen LogP contribution is -1.81. The summed E-state index contributed by atoms with van der Waals surface area (Å²) in [5, 5.41) is 1.22. The second-order valence-corrected chi connectivity index (χ2v) is 2.75. The highest BCUT2D eigenvalue weighted by atomic mass is 35.5. The van der Waals surface area contributed by atoms with Crippen LogP contribution in [0, 0.1) is 6.92 Å². The van der Waals surface area contributed by atoms with Gasteiger partial charge in [-0.2, -0.15) is 0 Å². The van der Waals surface area contributed by atoms with Crippen LogP contribution in [0.1, 0.15) is 5.56 Å². The van der Waals surface area contributed by atoms with E-state index in [9.17, 15) is 0 Å². The molecule has 0 saturated carbocycles. The van der Waals surface area contributed by atoms with Crippen LogP contribution in [0.5, 0.6) is 0 Å². The summed E-state index contributed by atoms with van der Waals surface area (Å²) in [4.78, 5) is 0. The molecule has 0 N–H and O–H groups in total. The molecule has 0 saturated heterocycles. The first-order valence-electron chi connectivity index (χ1n) is 2.98. The van der Waals surface area contributed by atoms with Gasteiger partial charge in [0.05, 0.1) is 10.0 Å². The van der Waals surface area contributed by atoms with Crippen molar-refractivity contribution in [3.8, 4) is 0 Å². The van der Waals surface area contributed by atoms with Crippen LogP contribution in [0.3, 0.4) is 0 Å². The average molecular weight is 174 g/mol. The quantitative estimate of drug-likeness (QED) is 0.612. The fourth-order valence-corrected chi connectivity index (χ4v) is 1.16. The zero-order valence-corrected chi connectivity index (χ0v) is 6.91. The molecule has 1 radical (unpaired) electrons. The summed E-state index contributed by atoms with van der Waals surface area (Å²) in [6.07, 6.45) is 0.680. The van der Waals surface area contributed by atoms with Crippen molar-refractivity contribution >= 4 is 23.2 Å². The van der Waals surface area contributed by atoms with Crippen molar-refractivity contribution in [1.29, 1.82) is 0 Å². The minimum Gasteiger partial charge on any atom is -0.0827 e. The number of hydrogen-bond acceptors (Lipinski definition) is 0. The molecule has 1 rings (SSSR count). The van der Waals surface area contributed by atoms with Gasteiger partial charge in [-0.15, -0.1) is 0 Å². The van der Waals surface area contributed by atoms with E-state index in [0.29, 0.717) is 16.5 Å². The van der Waals surface area contributed by atoms with Crippen molar-refractivity contribution < 1.29 is 0 Å². The average Bonchev–Trinajstić information content (AvgIpc) is 1.95. The van der Waals surface area contributed by atoms with E-state index in [1.54, 1.807) is 6.07 Å². The Morgan fingerprint density at radius 1 is 1.30 bits per heavy atom. The van der Waals surface area contributed by atoms with Crippen molar-refractivity contribution in [2.45, 2.75) is 6.42 Å². The number of halogens is 2. The number of hydrogen-bond donors (Lipinski definition) is 0. The van der Waals surface area contributed by atoms with Crippen molar-refractivity contribution in [3.05, 3.63) is 40.7 Å². The summed E-state index contributed by atoms with van der Waals surface area (Å²) in [6, 6.07) is 5.55. The molecule has 0 bridgehead atoms. The van der Waals surface area contributed by atoms with Gasteiger partial charge in [0.25, 0.3) is 0 Å². The zero-order chi connectivity index (χ0) is 7.56. The van der Waals surface area contributed by atoms with Gasteiger partial charge in [-0.1, -0.05) is 35.3 Å². The molecule has 0 heterocycles. The van der Waals surface area contributed by atoms with E-state index in [0.717, 1.165) is 5.56 Å². The number of rotatable bonds is 1. The number of benzene rings is 1. The Hall–Kier alpha value is -0.200. The molecule has 2 heteroatoms. The third-order valence-corrected chi connectivity index (χ3v) is 2.16. The van der Waals surface area contributed by atoms with Gasteiger partial charge >= 0.3 is 0 Å². The summed E-state index contributed by atoms with van der Waals surface area (Å²) in [5.41, 5.74) is 0.995. The van der Waals surface area contributed by atoms with Gasteiger partial charge in [0.1, 0.15) is 0 Å². The second-order valence-electron chi connectivity index (χ2n) is 1.96. The first-order chi connectivity index (χ1) is 4.75. The van der Waals surface area contributed by atoms with Gasteiger partial charge in [-0.05, 0) is 25.0 Å². The maximum absolute atomic E-state index is 5.82. The Balaban J connectivity index is 3.14. The Morgan fingerprint density at radius 2 is 2.00 bits per heavy atom. The highest BCUT2D eigenvalue weighted by Crippen LogP contribution is 2.25.